The summed E-state index contributed by atoms with van der Waals surface area (Å²) >= 11 is 0. The van der Waals surface area contributed by atoms with Gasteiger partial charge < -0.3 is 15.2 Å². The summed E-state index contributed by atoms with van der Waals surface area (Å²) in [5, 5.41) is 6.24. The van der Waals surface area contributed by atoms with Gasteiger partial charge in [0.2, 0.25) is 5.91 Å². The number of anilines is 1. The molecule has 1 aliphatic heterocycles. The number of hydrogen-bond acceptors (Lipinski definition) is 3. The van der Waals surface area contributed by atoms with Crippen molar-refractivity contribution in [2.24, 2.45) is 0 Å². The molecule has 2 aromatic carbocycles. The van der Waals surface area contributed by atoms with E-state index in [1.165, 1.54) is 0 Å². The molecule has 4 nitrogen and oxygen atoms in total. The fraction of sp³-hybridized carbons (Fsp3) is 0.0714. The molecular weight excluding hydrogens is 239 g/mol. The summed E-state index contributed by atoms with van der Waals surface area (Å²) in [6.45, 7) is -0.279. The first kappa shape index (κ1) is 11.7. The van der Waals surface area contributed by atoms with E-state index in [2.05, 4.69) is 10.5 Å². The Bertz CT molecular complexity index is 630. The third-order valence-corrected chi connectivity index (χ3v) is 3.20. The fourth-order valence-corrected chi connectivity index (χ4v) is 2.27. The molecule has 1 heterocycles. The summed E-state index contributed by atoms with van der Waals surface area (Å²) in [6, 6.07) is 15.1. The first-order valence-corrected chi connectivity index (χ1v) is 6.09. The number of methoxy groups -OCH3 is 1. The van der Waals surface area contributed by atoms with Crippen molar-refractivity contribution in [3.8, 4) is 5.75 Å². The zero-order valence-electron chi connectivity index (χ0n) is 10.5. The molecule has 0 aliphatic carbocycles. The molecular formula is C14H13BN2O2. The summed E-state index contributed by atoms with van der Waals surface area (Å²) in [5.41, 5.74) is 2.41. The van der Waals surface area contributed by atoms with Crippen LogP contribution in [0.15, 0.2) is 48.5 Å². The first-order chi connectivity index (χ1) is 9.29. The van der Waals surface area contributed by atoms with Crippen molar-refractivity contribution in [3.63, 3.8) is 0 Å². The summed E-state index contributed by atoms with van der Waals surface area (Å²) < 4.78 is 5.33. The highest BCUT2D eigenvalue weighted by Crippen LogP contribution is 2.19. The Balaban J connectivity index is 1.99. The van der Waals surface area contributed by atoms with E-state index in [0.717, 1.165) is 16.9 Å². The minimum atomic E-state index is -0.279. The summed E-state index contributed by atoms with van der Waals surface area (Å²) in [5.74, 6) is 0.671. The highest BCUT2D eigenvalue weighted by molar-refractivity contribution is 6.78. The van der Waals surface area contributed by atoms with Crippen LogP contribution in [0.2, 0.25) is 0 Å². The second kappa shape index (κ2) is 4.68. The second-order valence-corrected chi connectivity index (χ2v) is 4.34. The molecule has 2 N–H and O–H groups in total. The van der Waals surface area contributed by atoms with Crippen molar-refractivity contribution in [2.45, 2.75) is 0 Å². The Morgan fingerprint density at radius 3 is 2.58 bits per heavy atom. The molecule has 3 rings (SSSR count). The van der Waals surface area contributed by atoms with Gasteiger partial charge in [-0.1, -0.05) is 30.3 Å². The maximum absolute atomic E-state index is 12.1. The average molecular weight is 252 g/mol. The molecule has 0 bridgehead atoms. The molecule has 0 aromatic heterocycles. The van der Waals surface area contributed by atoms with Crippen molar-refractivity contribution >= 4 is 24.0 Å². The number of hydrogen-bond donors (Lipinski definition) is 2. The van der Waals surface area contributed by atoms with Crippen molar-refractivity contribution in [1.29, 1.82) is 0 Å². The van der Waals surface area contributed by atoms with Gasteiger partial charge in [-0.05, 0) is 18.2 Å². The van der Waals surface area contributed by atoms with Gasteiger partial charge in [-0.15, -0.1) is 0 Å². The quantitative estimate of drug-likeness (QED) is 0.791. The van der Waals surface area contributed by atoms with Crippen LogP contribution < -0.4 is 20.7 Å². The number of carbonyl (C=O) groups is 1. The predicted molar refractivity (Wildman–Crippen MR) is 75.9 cm³/mol. The molecule has 0 radical (unpaired) electrons. The third kappa shape index (κ3) is 2.03. The van der Waals surface area contributed by atoms with E-state index in [0.29, 0.717) is 5.56 Å². The molecule has 19 heavy (non-hydrogen) atoms. The zero-order valence-corrected chi connectivity index (χ0v) is 10.5. The molecule has 2 aromatic rings. The predicted octanol–water partition coefficient (Wildman–Crippen LogP) is 1.25. The summed E-state index contributed by atoms with van der Waals surface area (Å²) in [4.78, 5) is 12.1. The molecule has 0 atom stereocenters. The summed E-state index contributed by atoms with van der Waals surface area (Å²) in [6.07, 6.45) is 0. The van der Waals surface area contributed by atoms with Gasteiger partial charge in [0.25, 0.3) is 0 Å². The Labute approximate surface area is 111 Å². The van der Waals surface area contributed by atoms with Crippen LogP contribution in [0.25, 0.3) is 0 Å². The molecule has 5 heteroatoms. The normalized spacial score (nSPS) is 13.3. The molecule has 0 saturated carbocycles. The van der Waals surface area contributed by atoms with Crippen LogP contribution in [0.1, 0.15) is 10.4 Å². The largest absolute Gasteiger partial charge is 0.497 e. The van der Waals surface area contributed by atoms with Gasteiger partial charge >= 0.3 is 6.98 Å². The van der Waals surface area contributed by atoms with Crippen LogP contribution in [0, 0.1) is 0 Å². The highest BCUT2D eigenvalue weighted by atomic mass is 16.5. The van der Waals surface area contributed by atoms with Crippen LogP contribution >= 0.6 is 0 Å². The van der Waals surface area contributed by atoms with Crippen molar-refractivity contribution in [2.75, 3.05) is 12.3 Å². The number of amides is 1. The van der Waals surface area contributed by atoms with E-state index in [1.54, 1.807) is 13.2 Å². The first-order valence-electron chi connectivity index (χ1n) is 6.09. The monoisotopic (exact) mass is 252 g/mol. The third-order valence-electron chi connectivity index (χ3n) is 3.20. The van der Waals surface area contributed by atoms with E-state index < -0.39 is 0 Å². The van der Waals surface area contributed by atoms with Gasteiger partial charge in [0.15, 0.2) is 0 Å². The molecule has 0 unspecified atom stereocenters. The van der Waals surface area contributed by atoms with E-state index in [-0.39, 0.29) is 12.9 Å². The maximum Gasteiger partial charge on any atom is 0.412 e. The van der Waals surface area contributed by atoms with E-state index >= 15 is 0 Å². The second-order valence-electron chi connectivity index (χ2n) is 4.34. The molecule has 0 fully saturated rings. The smallest absolute Gasteiger partial charge is 0.412 e. The van der Waals surface area contributed by atoms with Gasteiger partial charge in [-0.2, -0.15) is 0 Å². The lowest BCUT2D eigenvalue weighted by Crippen LogP contribution is -2.57. The standard InChI is InChI=1S/C14H13BN2O2/c1-19-13-9-5-3-7-11(13)15-16-12-8-4-2-6-10(12)14(18)17-15/h2-9,16H,1H3,(H,17,18). The number of nitrogens with one attached hydrogen (secondary N) is 2. The minimum Gasteiger partial charge on any atom is -0.497 e. The van der Waals surface area contributed by atoms with Gasteiger partial charge in [-0.3, -0.25) is 4.79 Å². The molecule has 1 aliphatic rings. The lowest BCUT2D eigenvalue weighted by atomic mass is 9.65. The highest BCUT2D eigenvalue weighted by Gasteiger charge is 2.30. The van der Waals surface area contributed by atoms with E-state index in [4.69, 9.17) is 4.74 Å². The number of rotatable bonds is 2. The number of benzene rings is 2. The molecule has 0 saturated heterocycles. The number of carbonyl (C=O) groups excluding carboxylic acids is 1. The summed E-state index contributed by atoms with van der Waals surface area (Å²) in [7, 11) is 1.62. The van der Waals surface area contributed by atoms with Crippen molar-refractivity contribution in [3.05, 3.63) is 54.1 Å². The van der Waals surface area contributed by atoms with Gasteiger partial charge in [0, 0.05) is 11.2 Å². The Morgan fingerprint density at radius 1 is 1.00 bits per heavy atom. The number of ether oxygens (including phenoxy) is 1. The fourth-order valence-electron chi connectivity index (χ4n) is 2.27. The lowest BCUT2D eigenvalue weighted by molar-refractivity contribution is 0.0979. The SMILES string of the molecule is COc1ccccc1B1NC(=O)c2ccccc2N1. The van der Waals surface area contributed by atoms with E-state index in [1.807, 2.05) is 42.5 Å². The topological polar surface area (TPSA) is 50.4 Å². The average Bonchev–Trinajstić information content (AvgIpc) is 2.47. The maximum atomic E-state index is 12.1. The van der Waals surface area contributed by atoms with Crippen molar-refractivity contribution in [1.82, 2.24) is 5.23 Å². The molecule has 0 spiro atoms. The minimum absolute atomic E-state index is 0.0785. The Kier molecular flexibility index (Phi) is 2.87. The van der Waals surface area contributed by atoms with Crippen LogP contribution in [0.5, 0.6) is 5.75 Å². The van der Waals surface area contributed by atoms with Crippen LogP contribution in [0.4, 0.5) is 5.69 Å². The Morgan fingerprint density at radius 2 is 1.74 bits per heavy atom. The lowest BCUT2D eigenvalue weighted by Gasteiger charge is -2.25. The molecule has 1 amide bonds. The van der Waals surface area contributed by atoms with Gasteiger partial charge in [-0.25, -0.2) is 0 Å². The number of para-hydroxylation sites is 2. The van der Waals surface area contributed by atoms with E-state index in [9.17, 15) is 4.79 Å². The van der Waals surface area contributed by atoms with Gasteiger partial charge in [0.05, 0.1) is 12.7 Å². The number of fused-ring (bicyclic) bond motifs is 1. The van der Waals surface area contributed by atoms with Crippen LogP contribution in [-0.4, -0.2) is 20.0 Å². The Hall–Kier alpha value is -2.43. The van der Waals surface area contributed by atoms with Gasteiger partial charge in [0.1, 0.15) is 5.75 Å². The zero-order chi connectivity index (χ0) is 13.2. The van der Waals surface area contributed by atoms with Crippen molar-refractivity contribution < 1.29 is 9.53 Å². The molecule has 94 valence electrons. The van der Waals surface area contributed by atoms with Crippen LogP contribution in [-0.2, 0) is 0 Å². The van der Waals surface area contributed by atoms with Crippen LogP contribution in [0.3, 0.4) is 0 Å².